The lowest BCUT2D eigenvalue weighted by Crippen LogP contribution is -2.46. The van der Waals surface area contributed by atoms with Gasteiger partial charge >= 0.3 is 0 Å². The summed E-state index contributed by atoms with van der Waals surface area (Å²) in [6, 6.07) is 11.4. The van der Waals surface area contributed by atoms with Crippen molar-refractivity contribution in [3.05, 3.63) is 70.5 Å². The van der Waals surface area contributed by atoms with Crippen LogP contribution in [0.25, 0.3) is 0 Å². The van der Waals surface area contributed by atoms with Crippen LogP contribution in [0.3, 0.4) is 0 Å². The van der Waals surface area contributed by atoms with E-state index in [2.05, 4.69) is 16.2 Å². The van der Waals surface area contributed by atoms with E-state index in [4.69, 9.17) is 11.6 Å². The summed E-state index contributed by atoms with van der Waals surface area (Å²) in [6.07, 6.45) is 0. The van der Waals surface area contributed by atoms with Gasteiger partial charge in [-0.25, -0.2) is 4.39 Å². The third-order valence-corrected chi connectivity index (χ3v) is 3.26. The Morgan fingerprint density at radius 3 is 2.42 bits per heavy atom. The second-order valence-electron chi connectivity index (χ2n) is 4.68. The van der Waals surface area contributed by atoms with Crippen molar-refractivity contribution >= 4 is 29.3 Å². The molecular weight excluding hydrogens is 337 g/mol. The zero-order valence-corrected chi connectivity index (χ0v) is 13.1. The number of carbonyl (C=O) groups is 3. The van der Waals surface area contributed by atoms with Gasteiger partial charge in [-0.05, 0) is 30.3 Å². The summed E-state index contributed by atoms with van der Waals surface area (Å²) in [5.41, 5.74) is 4.60. The Bertz CT molecular complexity index is 783. The van der Waals surface area contributed by atoms with Crippen LogP contribution in [0.5, 0.6) is 0 Å². The molecule has 0 atom stereocenters. The second-order valence-corrected chi connectivity index (χ2v) is 5.08. The molecule has 0 aliphatic rings. The fourth-order valence-corrected chi connectivity index (χ4v) is 2.00. The van der Waals surface area contributed by atoms with Gasteiger partial charge in [0.05, 0.1) is 17.1 Å². The molecule has 0 unspecified atom stereocenters. The Balaban J connectivity index is 1.80. The first-order valence-corrected chi connectivity index (χ1v) is 7.22. The maximum atomic E-state index is 13.0. The molecule has 0 radical (unpaired) electrons. The monoisotopic (exact) mass is 349 g/mol. The van der Waals surface area contributed by atoms with Crippen molar-refractivity contribution in [3.63, 3.8) is 0 Å². The van der Waals surface area contributed by atoms with Crippen LogP contribution in [-0.2, 0) is 4.79 Å². The SMILES string of the molecule is O=C(CNC(=O)c1cccc(F)c1)NNC(=O)c1ccccc1Cl. The number of halogens is 2. The standard InChI is InChI=1S/C16H13ClFN3O3/c17-13-7-2-1-6-12(13)16(24)21-20-14(22)9-19-15(23)10-4-3-5-11(18)8-10/h1-8H,9H2,(H,19,23)(H,20,22)(H,21,24). The van der Waals surface area contributed by atoms with Crippen molar-refractivity contribution in [2.45, 2.75) is 0 Å². The third-order valence-electron chi connectivity index (χ3n) is 2.93. The fraction of sp³-hybridized carbons (Fsp3) is 0.0625. The predicted molar refractivity (Wildman–Crippen MR) is 85.8 cm³/mol. The lowest BCUT2D eigenvalue weighted by Gasteiger charge is -2.09. The van der Waals surface area contributed by atoms with E-state index in [0.29, 0.717) is 0 Å². The Kier molecular flexibility index (Phi) is 5.86. The van der Waals surface area contributed by atoms with Crippen molar-refractivity contribution < 1.29 is 18.8 Å². The van der Waals surface area contributed by atoms with Crippen molar-refractivity contribution in [3.8, 4) is 0 Å². The van der Waals surface area contributed by atoms with Gasteiger partial charge in [-0.15, -0.1) is 0 Å². The molecule has 0 saturated carbocycles. The number of hydrogen-bond donors (Lipinski definition) is 3. The van der Waals surface area contributed by atoms with E-state index < -0.39 is 30.1 Å². The molecule has 2 aromatic carbocycles. The van der Waals surface area contributed by atoms with Gasteiger partial charge in [0.1, 0.15) is 5.82 Å². The molecule has 6 nitrogen and oxygen atoms in total. The highest BCUT2D eigenvalue weighted by Crippen LogP contribution is 2.13. The Labute approximate surface area is 142 Å². The summed E-state index contributed by atoms with van der Waals surface area (Å²) >= 11 is 5.86. The molecule has 0 spiro atoms. The summed E-state index contributed by atoms with van der Waals surface area (Å²) in [5, 5.41) is 2.55. The molecule has 8 heteroatoms. The molecule has 3 N–H and O–H groups in total. The van der Waals surface area contributed by atoms with Crippen molar-refractivity contribution in [2.24, 2.45) is 0 Å². The van der Waals surface area contributed by atoms with Gasteiger partial charge in [-0.3, -0.25) is 25.2 Å². The Morgan fingerprint density at radius 2 is 1.71 bits per heavy atom. The van der Waals surface area contributed by atoms with Gasteiger partial charge in [-0.1, -0.05) is 29.8 Å². The summed E-state index contributed by atoms with van der Waals surface area (Å²) in [4.78, 5) is 35.2. The molecule has 0 bridgehead atoms. The van der Waals surface area contributed by atoms with E-state index in [1.54, 1.807) is 12.1 Å². The first-order valence-electron chi connectivity index (χ1n) is 6.85. The lowest BCUT2D eigenvalue weighted by atomic mass is 10.2. The molecule has 0 fully saturated rings. The Morgan fingerprint density at radius 1 is 0.958 bits per heavy atom. The summed E-state index contributed by atoms with van der Waals surface area (Å²) in [5.74, 6) is -2.41. The summed E-state index contributed by atoms with van der Waals surface area (Å²) < 4.78 is 13.0. The topological polar surface area (TPSA) is 87.3 Å². The van der Waals surface area contributed by atoms with Gasteiger partial charge in [0.2, 0.25) is 0 Å². The lowest BCUT2D eigenvalue weighted by molar-refractivity contribution is -0.120. The Hall–Kier alpha value is -2.93. The number of benzene rings is 2. The van der Waals surface area contributed by atoms with Crippen LogP contribution in [0.15, 0.2) is 48.5 Å². The first-order chi connectivity index (χ1) is 11.5. The van der Waals surface area contributed by atoms with E-state index in [1.165, 1.54) is 30.3 Å². The van der Waals surface area contributed by atoms with Gasteiger partial charge < -0.3 is 5.32 Å². The maximum Gasteiger partial charge on any atom is 0.271 e. The normalized spacial score (nSPS) is 9.92. The predicted octanol–water partition coefficient (Wildman–Crippen LogP) is 1.67. The minimum absolute atomic E-state index is 0.0860. The van der Waals surface area contributed by atoms with E-state index in [9.17, 15) is 18.8 Å². The van der Waals surface area contributed by atoms with Crippen LogP contribution >= 0.6 is 11.6 Å². The van der Waals surface area contributed by atoms with Crippen LogP contribution in [0, 0.1) is 5.82 Å². The highest BCUT2D eigenvalue weighted by atomic mass is 35.5. The average Bonchev–Trinajstić information content (AvgIpc) is 2.58. The highest BCUT2D eigenvalue weighted by molar-refractivity contribution is 6.33. The van der Waals surface area contributed by atoms with Crippen molar-refractivity contribution in [1.82, 2.24) is 16.2 Å². The van der Waals surface area contributed by atoms with Crippen LogP contribution in [0.2, 0.25) is 5.02 Å². The average molecular weight is 350 g/mol. The van der Waals surface area contributed by atoms with Crippen molar-refractivity contribution in [2.75, 3.05) is 6.54 Å². The fourth-order valence-electron chi connectivity index (χ4n) is 1.78. The summed E-state index contributed by atoms with van der Waals surface area (Å²) in [6.45, 7) is -0.391. The molecule has 0 aliphatic heterocycles. The molecule has 0 saturated heterocycles. The second kappa shape index (κ2) is 8.07. The zero-order valence-electron chi connectivity index (χ0n) is 12.3. The molecule has 2 rings (SSSR count). The van der Waals surface area contributed by atoms with E-state index >= 15 is 0 Å². The number of amides is 3. The van der Waals surface area contributed by atoms with Gasteiger partial charge in [0.25, 0.3) is 17.7 Å². The van der Waals surface area contributed by atoms with Crippen LogP contribution in [-0.4, -0.2) is 24.3 Å². The molecule has 3 amide bonds. The van der Waals surface area contributed by atoms with Crippen LogP contribution in [0.4, 0.5) is 4.39 Å². The smallest absolute Gasteiger partial charge is 0.271 e. The molecule has 24 heavy (non-hydrogen) atoms. The molecule has 2 aromatic rings. The number of hydrazine groups is 1. The van der Waals surface area contributed by atoms with Crippen LogP contribution < -0.4 is 16.2 Å². The van der Waals surface area contributed by atoms with Crippen molar-refractivity contribution in [1.29, 1.82) is 0 Å². The zero-order chi connectivity index (χ0) is 17.5. The van der Waals surface area contributed by atoms with E-state index in [1.807, 2.05) is 0 Å². The maximum absolute atomic E-state index is 13.0. The van der Waals surface area contributed by atoms with Gasteiger partial charge in [0, 0.05) is 5.56 Å². The number of rotatable bonds is 4. The molecular formula is C16H13ClFN3O3. The quantitative estimate of drug-likeness (QED) is 0.734. The van der Waals surface area contributed by atoms with Gasteiger partial charge in [0.15, 0.2) is 0 Å². The van der Waals surface area contributed by atoms with E-state index in [-0.39, 0.29) is 16.1 Å². The summed E-state index contributed by atoms with van der Waals surface area (Å²) in [7, 11) is 0. The molecule has 0 aromatic heterocycles. The largest absolute Gasteiger partial charge is 0.343 e. The molecule has 0 heterocycles. The van der Waals surface area contributed by atoms with Gasteiger partial charge in [-0.2, -0.15) is 0 Å². The molecule has 0 aliphatic carbocycles. The minimum atomic E-state index is -0.653. The van der Waals surface area contributed by atoms with E-state index in [0.717, 1.165) is 6.07 Å². The highest BCUT2D eigenvalue weighted by Gasteiger charge is 2.12. The number of hydrogen-bond acceptors (Lipinski definition) is 3. The minimum Gasteiger partial charge on any atom is -0.343 e. The molecule has 124 valence electrons. The third kappa shape index (κ3) is 4.79. The first kappa shape index (κ1) is 17.4. The van der Waals surface area contributed by atoms with Crippen LogP contribution in [0.1, 0.15) is 20.7 Å². The number of carbonyl (C=O) groups excluding carboxylic acids is 3. The number of nitrogens with one attached hydrogen (secondary N) is 3.